The Morgan fingerprint density at radius 2 is 2.17 bits per heavy atom. The Hall–Kier alpha value is -1.23. The average molecular weight is 316 g/mol. The van der Waals surface area contributed by atoms with Gasteiger partial charge in [-0.05, 0) is 24.6 Å². The van der Waals surface area contributed by atoms with E-state index in [1.807, 2.05) is 6.92 Å². The lowest BCUT2D eigenvalue weighted by Crippen LogP contribution is -2.33. The van der Waals surface area contributed by atoms with Gasteiger partial charge in [-0.3, -0.25) is 4.79 Å². The monoisotopic (exact) mass is 315 g/mol. The fraction of sp³-hybridized carbons (Fsp3) is 0.462. The van der Waals surface area contributed by atoms with Crippen molar-refractivity contribution in [3.05, 3.63) is 23.8 Å². The standard InChI is InChI=1S/C13H18BrNO3/c1-3-7-15(8-6-14)13(17)10-4-5-12(18-2)11(16)9-10/h4-5,9,16H,3,6-8H2,1-2H3. The number of ether oxygens (including phenoxy) is 1. The minimum Gasteiger partial charge on any atom is -0.504 e. The molecule has 0 aromatic heterocycles. The fourth-order valence-electron chi connectivity index (χ4n) is 1.69. The molecule has 0 fully saturated rings. The highest BCUT2D eigenvalue weighted by atomic mass is 79.9. The van der Waals surface area contributed by atoms with Gasteiger partial charge in [0.15, 0.2) is 11.5 Å². The summed E-state index contributed by atoms with van der Waals surface area (Å²) in [4.78, 5) is 14.0. The zero-order valence-electron chi connectivity index (χ0n) is 10.6. The number of amides is 1. The van der Waals surface area contributed by atoms with E-state index in [2.05, 4.69) is 15.9 Å². The van der Waals surface area contributed by atoms with Crippen molar-refractivity contribution in [3.8, 4) is 11.5 Å². The molecule has 1 N–H and O–H groups in total. The van der Waals surface area contributed by atoms with Crippen LogP contribution >= 0.6 is 15.9 Å². The normalized spacial score (nSPS) is 10.2. The molecule has 1 aromatic carbocycles. The van der Waals surface area contributed by atoms with E-state index in [9.17, 15) is 9.90 Å². The van der Waals surface area contributed by atoms with Crippen molar-refractivity contribution in [2.45, 2.75) is 13.3 Å². The van der Waals surface area contributed by atoms with Crippen LogP contribution in [0.5, 0.6) is 11.5 Å². The Kier molecular flexibility index (Phi) is 5.98. The number of hydrogen-bond acceptors (Lipinski definition) is 3. The molecule has 1 aromatic rings. The van der Waals surface area contributed by atoms with E-state index < -0.39 is 0 Å². The first-order valence-corrected chi connectivity index (χ1v) is 6.98. The van der Waals surface area contributed by atoms with Gasteiger partial charge in [-0.1, -0.05) is 22.9 Å². The molecule has 0 heterocycles. The van der Waals surface area contributed by atoms with E-state index in [1.165, 1.54) is 13.2 Å². The van der Waals surface area contributed by atoms with Crippen LogP contribution in [-0.4, -0.2) is 41.4 Å². The minimum atomic E-state index is -0.0748. The van der Waals surface area contributed by atoms with Crippen molar-refractivity contribution in [2.75, 3.05) is 25.5 Å². The molecule has 0 saturated carbocycles. The number of hydrogen-bond donors (Lipinski definition) is 1. The molecule has 0 aliphatic rings. The van der Waals surface area contributed by atoms with Gasteiger partial charge in [0.1, 0.15) is 0 Å². The molecule has 1 amide bonds. The Bertz CT molecular complexity index is 403. The molecule has 0 spiro atoms. The highest BCUT2D eigenvalue weighted by Crippen LogP contribution is 2.26. The van der Waals surface area contributed by atoms with Crippen LogP contribution in [-0.2, 0) is 0 Å². The number of nitrogens with zero attached hydrogens (tertiary/aromatic N) is 1. The summed E-state index contributed by atoms with van der Waals surface area (Å²) in [5, 5.41) is 10.4. The molecule has 0 atom stereocenters. The average Bonchev–Trinajstić information content (AvgIpc) is 2.37. The van der Waals surface area contributed by atoms with E-state index in [0.717, 1.165) is 11.8 Å². The molecule has 0 saturated heterocycles. The molecular formula is C13H18BrNO3. The summed E-state index contributed by atoms with van der Waals surface area (Å²) in [5.74, 6) is 0.280. The smallest absolute Gasteiger partial charge is 0.254 e. The maximum Gasteiger partial charge on any atom is 0.254 e. The molecule has 1 rings (SSSR count). The summed E-state index contributed by atoms with van der Waals surface area (Å²) in [5.41, 5.74) is 0.475. The van der Waals surface area contributed by atoms with Crippen LogP contribution in [0, 0.1) is 0 Å². The molecule has 0 unspecified atom stereocenters. The van der Waals surface area contributed by atoms with E-state index in [0.29, 0.717) is 24.4 Å². The Morgan fingerprint density at radius 3 is 2.67 bits per heavy atom. The van der Waals surface area contributed by atoms with Crippen LogP contribution in [0.15, 0.2) is 18.2 Å². The molecule has 5 heteroatoms. The van der Waals surface area contributed by atoms with Crippen molar-refractivity contribution in [1.29, 1.82) is 0 Å². The van der Waals surface area contributed by atoms with Crippen LogP contribution in [0.4, 0.5) is 0 Å². The van der Waals surface area contributed by atoms with Gasteiger partial charge < -0.3 is 14.7 Å². The highest BCUT2D eigenvalue weighted by molar-refractivity contribution is 9.09. The lowest BCUT2D eigenvalue weighted by Gasteiger charge is -2.21. The predicted molar refractivity (Wildman–Crippen MR) is 74.6 cm³/mol. The first-order valence-electron chi connectivity index (χ1n) is 5.86. The maximum atomic E-state index is 12.2. The summed E-state index contributed by atoms with van der Waals surface area (Å²) in [6, 6.07) is 4.71. The molecule has 18 heavy (non-hydrogen) atoms. The summed E-state index contributed by atoms with van der Waals surface area (Å²) in [6.45, 7) is 3.39. The van der Waals surface area contributed by atoms with E-state index in [-0.39, 0.29) is 11.7 Å². The number of phenols is 1. The highest BCUT2D eigenvalue weighted by Gasteiger charge is 2.16. The van der Waals surface area contributed by atoms with Crippen molar-refractivity contribution in [3.63, 3.8) is 0 Å². The number of benzene rings is 1. The van der Waals surface area contributed by atoms with Gasteiger partial charge >= 0.3 is 0 Å². The first kappa shape index (κ1) is 14.8. The largest absolute Gasteiger partial charge is 0.504 e. The molecule has 100 valence electrons. The summed E-state index contributed by atoms with van der Waals surface area (Å²) in [7, 11) is 1.48. The maximum absolute atomic E-state index is 12.2. The summed E-state index contributed by atoms with van der Waals surface area (Å²) < 4.78 is 4.95. The quantitative estimate of drug-likeness (QED) is 0.821. The van der Waals surface area contributed by atoms with Gasteiger partial charge in [0.05, 0.1) is 7.11 Å². The number of alkyl halides is 1. The molecule has 0 bridgehead atoms. The topological polar surface area (TPSA) is 49.8 Å². The van der Waals surface area contributed by atoms with Crippen LogP contribution in [0.3, 0.4) is 0 Å². The van der Waals surface area contributed by atoms with Gasteiger partial charge in [0, 0.05) is 24.0 Å². The Morgan fingerprint density at radius 1 is 1.44 bits per heavy atom. The fourth-order valence-corrected chi connectivity index (χ4v) is 2.12. The van der Waals surface area contributed by atoms with Crippen molar-refractivity contribution in [2.24, 2.45) is 0 Å². The number of halogens is 1. The SMILES string of the molecule is CCCN(CCBr)C(=O)c1ccc(OC)c(O)c1. The zero-order chi connectivity index (χ0) is 13.5. The van der Waals surface area contributed by atoms with Gasteiger partial charge in [-0.15, -0.1) is 0 Å². The summed E-state index contributed by atoms with van der Waals surface area (Å²) >= 11 is 3.33. The van der Waals surface area contributed by atoms with Gasteiger partial charge in [0.2, 0.25) is 0 Å². The van der Waals surface area contributed by atoms with Crippen LogP contribution in [0.25, 0.3) is 0 Å². The second-order valence-corrected chi connectivity index (χ2v) is 4.66. The second-order valence-electron chi connectivity index (χ2n) is 3.87. The van der Waals surface area contributed by atoms with E-state index >= 15 is 0 Å². The molecule has 4 nitrogen and oxygen atoms in total. The lowest BCUT2D eigenvalue weighted by molar-refractivity contribution is 0.0766. The van der Waals surface area contributed by atoms with Gasteiger partial charge in [-0.2, -0.15) is 0 Å². The van der Waals surface area contributed by atoms with Crippen molar-refractivity contribution in [1.82, 2.24) is 4.90 Å². The van der Waals surface area contributed by atoms with Gasteiger partial charge in [-0.25, -0.2) is 0 Å². The van der Waals surface area contributed by atoms with E-state index in [1.54, 1.807) is 17.0 Å². The number of carbonyl (C=O) groups excluding carboxylic acids is 1. The molecular weight excluding hydrogens is 298 g/mol. The minimum absolute atomic E-state index is 0.0151. The molecule has 0 aliphatic carbocycles. The first-order chi connectivity index (χ1) is 8.63. The third-order valence-electron chi connectivity index (χ3n) is 2.56. The summed E-state index contributed by atoms with van der Waals surface area (Å²) in [6.07, 6.45) is 0.904. The number of rotatable bonds is 6. The third-order valence-corrected chi connectivity index (χ3v) is 2.92. The van der Waals surface area contributed by atoms with Crippen molar-refractivity contribution >= 4 is 21.8 Å². The van der Waals surface area contributed by atoms with E-state index in [4.69, 9.17) is 4.74 Å². The number of carbonyl (C=O) groups is 1. The molecule has 0 radical (unpaired) electrons. The Labute approximate surface area is 116 Å². The van der Waals surface area contributed by atoms with Gasteiger partial charge in [0.25, 0.3) is 5.91 Å². The molecule has 0 aliphatic heterocycles. The number of aromatic hydroxyl groups is 1. The van der Waals surface area contributed by atoms with Crippen LogP contribution in [0.1, 0.15) is 23.7 Å². The Balaban J connectivity index is 2.90. The zero-order valence-corrected chi connectivity index (χ0v) is 12.2. The third kappa shape index (κ3) is 3.63. The number of methoxy groups -OCH3 is 1. The van der Waals surface area contributed by atoms with Crippen LogP contribution in [0.2, 0.25) is 0 Å². The second kappa shape index (κ2) is 7.26. The lowest BCUT2D eigenvalue weighted by atomic mass is 10.1. The predicted octanol–water partition coefficient (Wildman–Crippen LogP) is 2.65. The van der Waals surface area contributed by atoms with Crippen LogP contribution < -0.4 is 4.74 Å². The number of phenolic OH excluding ortho intramolecular Hbond substituents is 1. The van der Waals surface area contributed by atoms with Crippen molar-refractivity contribution < 1.29 is 14.6 Å².